The predicted octanol–water partition coefficient (Wildman–Crippen LogP) is 3.16. The van der Waals surface area contributed by atoms with Crippen LogP contribution in [0.2, 0.25) is 0 Å². The molecule has 0 aromatic heterocycles. The molecule has 0 amide bonds. The van der Waals surface area contributed by atoms with Gasteiger partial charge in [-0.2, -0.15) is 0 Å². The van der Waals surface area contributed by atoms with Crippen LogP contribution in [-0.4, -0.2) is 25.3 Å². The molecule has 2 aliphatic heterocycles. The quantitative estimate of drug-likeness (QED) is 0.633. The zero-order valence-electron chi connectivity index (χ0n) is 13.5. The van der Waals surface area contributed by atoms with Crippen LogP contribution in [0.15, 0.2) is 53.2 Å². The number of ether oxygens (including phenoxy) is 4. The Balaban J connectivity index is 1.59. The Morgan fingerprint density at radius 1 is 1.12 bits per heavy atom. The Bertz CT molecular complexity index is 883. The van der Waals surface area contributed by atoms with Gasteiger partial charge in [-0.25, -0.2) is 9.79 Å². The van der Waals surface area contributed by atoms with E-state index in [4.69, 9.17) is 18.9 Å². The molecule has 0 saturated heterocycles. The second-order valence-electron chi connectivity index (χ2n) is 5.41. The summed E-state index contributed by atoms with van der Waals surface area (Å²) in [4.78, 5) is 16.4. The Labute approximate surface area is 144 Å². The number of aliphatic imine (C=N–C) groups is 1. The number of benzene rings is 2. The highest BCUT2D eigenvalue weighted by atomic mass is 16.7. The van der Waals surface area contributed by atoms with Crippen molar-refractivity contribution in [2.24, 2.45) is 4.99 Å². The maximum atomic E-state index is 12.1. The van der Waals surface area contributed by atoms with Crippen molar-refractivity contribution in [2.45, 2.75) is 6.92 Å². The maximum Gasteiger partial charge on any atom is 0.363 e. The highest BCUT2D eigenvalue weighted by Gasteiger charge is 2.25. The summed E-state index contributed by atoms with van der Waals surface area (Å²) in [6.07, 6.45) is 1.68. The zero-order chi connectivity index (χ0) is 17.2. The summed E-state index contributed by atoms with van der Waals surface area (Å²) >= 11 is 0. The number of carbonyl (C=O) groups excluding carboxylic acids is 1. The number of rotatable bonds is 4. The van der Waals surface area contributed by atoms with Gasteiger partial charge in [-0.05, 0) is 48.9 Å². The van der Waals surface area contributed by atoms with E-state index in [0.29, 0.717) is 23.7 Å². The first-order valence-corrected chi connectivity index (χ1v) is 7.88. The Morgan fingerprint density at radius 2 is 1.92 bits per heavy atom. The van der Waals surface area contributed by atoms with E-state index in [0.717, 1.165) is 11.3 Å². The van der Waals surface area contributed by atoms with Gasteiger partial charge in [0.1, 0.15) is 5.75 Å². The van der Waals surface area contributed by atoms with E-state index < -0.39 is 5.97 Å². The molecule has 4 rings (SSSR count). The molecular weight excluding hydrogens is 322 g/mol. The first-order chi connectivity index (χ1) is 12.2. The molecule has 0 spiro atoms. The van der Waals surface area contributed by atoms with Gasteiger partial charge in [-0.1, -0.05) is 12.1 Å². The molecule has 0 saturated carbocycles. The maximum absolute atomic E-state index is 12.1. The van der Waals surface area contributed by atoms with Crippen LogP contribution in [0.3, 0.4) is 0 Å². The lowest BCUT2D eigenvalue weighted by Crippen LogP contribution is -2.05. The molecule has 126 valence electrons. The molecule has 6 nitrogen and oxygen atoms in total. The summed E-state index contributed by atoms with van der Waals surface area (Å²) in [7, 11) is 0. The van der Waals surface area contributed by atoms with Crippen molar-refractivity contribution < 1.29 is 23.7 Å². The van der Waals surface area contributed by atoms with Gasteiger partial charge < -0.3 is 18.9 Å². The van der Waals surface area contributed by atoms with E-state index in [1.165, 1.54) is 0 Å². The number of fused-ring (bicyclic) bond motifs is 1. The van der Waals surface area contributed by atoms with Gasteiger partial charge in [0.25, 0.3) is 0 Å². The lowest BCUT2D eigenvalue weighted by atomic mass is 10.2. The molecule has 0 bridgehead atoms. The van der Waals surface area contributed by atoms with Crippen molar-refractivity contribution in [3.05, 3.63) is 59.3 Å². The molecule has 25 heavy (non-hydrogen) atoms. The van der Waals surface area contributed by atoms with Crippen molar-refractivity contribution in [1.29, 1.82) is 0 Å². The highest BCUT2D eigenvalue weighted by molar-refractivity contribution is 6.13. The van der Waals surface area contributed by atoms with E-state index >= 15 is 0 Å². The number of carbonyl (C=O) groups is 1. The fraction of sp³-hybridized carbons (Fsp3) is 0.158. The van der Waals surface area contributed by atoms with Crippen molar-refractivity contribution >= 4 is 17.9 Å². The van der Waals surface area contributed by atoms with Gasteiger partial charge >= 0.3 is 5.97 Å². The summed E-state index contributed by atoms with van der Waals surface area (Å²) in [5.41, 5.74) is 1.75. The average molecular weight is 337 g/mol. The van der Waals surface area contributed by atoms with Crippen molar-refractivity contribution in [3.8, 4) is 17.2 Å². The summed E-state index contributed by atoms with van der Waals surface area (Å²) in [6.45, 7) is 2.72. The van der Waals surface area contributed by atoms with Crippen molar-refractivity contribution in [2.75, 3.05) is 13.4 Å². The number of esters is 1. The topological polar surface area (TPSA) is 66.3 Å². The van der Waals surface area contributed by atoms with Crippen LogP contribution in [-0.2, 0) is 9.53 Å². The molecule has 0 atom stereocenters. The normalized spacial score (nSPS) is 16.8. The fourth-order valence-corrected chi connectivity index (χ4v) is 2.55. The monoisotopic (exact) mass is 337 g/mol. The first kappa shape index (κ1) is 15.3. The van der Waals surface area contributed by atoms with Crippen LogP contribution in [0, 0.1) is 0 Å². The van der Waals surface area contributed by atoms with E-state index in [-0.39, 0.29) is 18.4 Å². The van der Waals surface area contributed by atoms with Crippen LogP contribution < -0.4 is 14.2 Å². The first-order valence-electron chi connectivity index (χ1n) is 7.88. The Morgan fingerprint density at radius 3 is 2.72 bits per heavy atom. The van der Waals surface area contributed by atoms with E-state index in [1.807, 2.05) is 31.2 Å². The van der Waals surface area contributed by atoms with Crippen LogP contribution in [0.5, 0.6) is 17.2 Å². The van der Waals surface area contributed by atoms with Crippen molar-refractivity contribution in [3.63, 3.8) is 0 Å². The molecule has 2 aliphatic rings. The Hall–Kier alpha value is -3.28. The van der Waals surface area contributed by atoms with Gasteiger partial charge in [0.05, 0.1) is 6.61 Å². The minimum absolute atomic E-state index is 0.188. The van der Waals surface area contributed by atoms with Crippen molar-refractivity contribution in [1.82, 2.24) is 0 Å². The molecule has 0 radical (unpaired) electrons. The molecule has 0 aliphatic carbocycles. The summed E-state index contributed by atoms with van der Waals surface area (Å²) < 4.78 is 21.3. The third-order valence-electron chi connectivity index (χ3n) is 3.73. The van der Waals surface area contributed by atoms with E-state index in [1.54, 1.807) is 24.3 Å². The number of hydrogen-bond donors (Lipinski definition) is 0. The second kappa shape index (κ2) is 6.32. The molecule has 2 aromatic rings. The standard InChI is InChI=1S/C19H15NO5/c1-2-22-14-6-3-12(4-7-14)9-15-19(21)25-18(20-15)13-5-8-16-17(10-13)24-11-23-16/h3-10H,2,11H2,1H3. The molecule has 0 fully saturated rings. The van der Waals surface area contributed by atoms with Crippen LogP contribution in [0.1, 0.15) is 18.1 Å². The lowest BCUT2D eigenvalue weighted by Gasteiger charge is -2.02. The molecular formula is C19H15NO5. The third-order valence-corrected chi connectivity index (χ3v) is 3.73. The molecule has 0 N–H and O–H groups in total. The SMILES string of the molecule is CCOc1ccc(C=C2N=C(c3ccc4c(c3)OCO4)OC2=O)cc1. The number of hydrogen-bond acceptors (Lipinski definition) is 6. The van der Waals surface area contributed by atoms with Gasteiger partial charge in [0, 0.05) is 5.56 Å². The zero-order valence-corrected chi connectivity index (χ0v) is 13.5. The third kappa shape index (κ3) is 3.06. The summed E-state index contributed by atoms with van der Waals surface area (Å²) in [6, 6.07) is 12.7. The van der Waals surface area contributed by atoms with Gasteiger partial charge in [0.2, 0.25) is 12.7 Å². The Kier molecular flexibility index (Phi) is 3.85. The smallest absolute Gasteiger partial charge is 0.363 e. The minimum atomic E-state index is -0.485. The van der Waals surface area contributed by atoms with Gasteiger partial charge in [-0.15, -0.1) is 0 Å². The van der Waals surface area contributed by atoms with Gasteiger partial charge in [-0.3, -0.25) is 0 Å². The lowest BCUT2D eigenvalue weighted by molar-refractivity contribution is -0.129. The molecule has 0 unspecified atom stereocenters. The average Bonchev–Trinajstić information content (AvgIpc) is 3.23. The van der Waals surface area contributed by atoms with Crippen LogP contribution in [0.4, 0.5) is 0 Å². The van der Waals surface area contributed by atoms with E-state index in [9.17, 15) is 4.79 Å². The molecule has 2 heterocycles. The van der Waals surface area contributed by atoms with Crippen LogP contribution in [0.25, 0.3) is 6.08 Å². The largest absolute Gasteiger partial charge is 0.494 e. The highest BCUT2D eigenvalue weighted by Crippen LogP contribution is 2.33. The van der Waals surface area contributed by atoms with Gasteiger partial charge in [0.15, 0.2) is 17.2 Å². The number of nitrogens with zero attached hydrogens (tertiary/aromatic N) is 1. The number of cyclic esters (lactones) is 1. The minimum Gasteiger partial charge on any atom is -0.494 e. The molecule has 6 heteroatoms. The second-order valence-corrected chi connectivity index (χ2v) is 5.41. The summed E-state index contributed by atoms with van der Waals surface area (Å²) in [5, 5.41) is 0. The van der Waals surface area contributed by atoms with E-state index in [2.05, 4.69) is 4.99 Å². The fourth-order valence-electron chi connectivity index (χ4n) is 2.55. The summed E-state index contributed by atoms with van der Waals surface area (Å²) in [5.74, 6) is 1.82. The van der Waals surface area contributed by atoms with Crippen LogP contribution >= 0.6 is 0 Å². The predicted molar refractivity (Wildman–Crippen MR) is 90.8 cm³/mol. The molecule has 2 aromatic carbocycles.